The normalized spacial score (nSPS) is 28.9. The van der Waals surface area contributed by atoms with Crippen LogP contribution >= 0.6 is 11.3 Å². The predicted octanol–water partition coefficient (Wildman–Crippen LogP) is 3.21. The van der Waals surface area contributed by atoms with Crippen LogP contribution in [0, 0.1) is 11.8 Å². The highest BCUT2D eigenvalue weighted by molar-refractivity contribution is 7.17. The van der Waals surface area contributed by atoms with Gasteiger partial charge >= 0.3 is 0 Å². The van der Waals surface area contributed by atoms with Gasteiger partial charge in [0.1, 0.15) is 0 Å². The fraction of sp³-hybridized carbons (Fsp3) is 0.500. The van der Waals surface area contributed by atoms with E-state index in [9.17, 15) is 4.79 Å². The molecule has 5 rings (SSSR count). The van der Waals surface area contributed by atoms with Crippen LogP contribution in [0.4, 0.5) is 0 Å². The highest BCUT2D eigenvalue weighted by Gasteiger charge is 2.35. The van der Waals surface area contributed by atoms with E-state index in [1.807, 2.05) is 23.7 Å². The maximum Gasteiger partial charge on any atom is 0.164 e. The van der Waals surface area contributed by atoms with E-state index in [2.05, 4.69) is 9.88 Å². The number of thiazole rings is 1. The van der Waals surface area contributed by atoms with Crippen LogP contribution in [0.3, 0.4) is 0 Å². The van der Waals surface area contributed by atoms with E-state index in [1.165, 1.54) is 25.9 Å². The van der Waals surface area contributed by atoms with Crippen LogP contribution in [0.15, 0.2) is 23.7 Å². The van der Waals surface area contributed by atoms with Crippen LogP contribution in [0.25, 0.3) is 10.2 Å². The summed E-state index contributed by atoms with van der Waals surface area (Å²) in [6.45, 7) is 3.59. The SMILES string of the molecule is O=C(C[C@H]1CN2CCC1CC2)c1cccc2ncsc12. The number of fused-ring (bicyclic) bond motifs is 4. The number of piperidine rings is 3. The maximum atomic E-state index is 12.7. The molecule has 2 aromatic rings. The van der Waals surface area contributed by atoms with E-state index in [-0.39, 0.29) is 0 Å². The third-order valence-corrected chi connectivity index (χ3v) is 5.77. The molecule has 3 nitrogen and oxygen atoms in total. The largest absolute Gasteiger partial charge is 0.303 e. The van der Waals surface area contributed by atoms with E-state index in [0.29, 0.717) is 18.1 Å². The van der Waals surface area contributed by atoms with Crippen molar-refractivity contribution in [2.24, 2.45) is 11.8 Å². The number of carbonyl (C=O) groups excluding carboxylic acids is 1. The molecular weight excluding hydrogens is 268 g/mol. The number of benzene rings is 1. The lowest BCUT2D eigenvalue weighted by atomic mass is 9.76. The van der Waals surface area contributed by atoms with Crippen LogP contribution in [-0.4, -0.2) is 35.3 Å². The van der Waals surface area contributed by atoms with Crippen LogP contribution < -0.4 is 0 Å². The highest BCUT2D eigenvalue weighted by Crippen LogP contribution is 2.35. The Morgan fingerprint density at radius 1 is 1.35 bits per heavy atom. The molecule has 0 aliphatic carbocycles. The molecule has 3 aliphatic heterocycles. The van der Waals surface area contributed by atoms with Gasteiger partial charge in [-0.25, -0.2) is 4.98 Å². The predicted molar refractivity (Wildman–Crippen MR) is 81.2 cm³/mol. The van der Waals surface area contributed by atoms with Crippen molar-refractivity contribution in [1.82, 2.24) is 9.88 Å². The zero-order chi connectivity index (χ0) is 13.5. The number of hydrogen-bond donors (Lipinski definition) is 0. The maximum absolute atomic E-state index is 12.7. The minimum Gasteiger partial charge on any atom is -0.303 e. The molecule has 0 saturated carbocycles. The van der Waals surface area contributed by atoms with Gasteiger partial charge in [-0.3, -0.25) is 4.79 Å². The molecule has 0 amide bonds. The summed E-state index contributed by atoms with van der Waals surface area (Å²) in [5.41, 5.74) is 3.66. The first-order valence-electron chi connectivity index (χ1n) is 7.39. The Balaban J connectivity index is 1.57. The third-order valence-electron chi connectivity index (χ3n) is 4.90. The minimum absolute atomic E-state index is 0.304. The van der Waals surface area contributed by atoms with Crippen molar-refractivity contribution in [2.45, 2.75) is 19.3 Å². The summed E-state index contributed by atoms with van der Waals surface area (Å²) in [7, 11) is 0. The molecule has 1 aromatic carbocycles. The standard InChI is InChI=1S/C16H18N2OS/c19-15(8-12-9-18-6-4-11(12)5-7-18)13-2-1-3-14-16(13)20-10-17-14/h1-3,10-12H,4-9H2/t12-/m0/s1. The number of rotatable bonds is 3. The first-order chi connectivity index (χ1) is 9.81. The molecule has 104 valence electrons. The number of Topliss-reactive ketones (excluding diaryl/α,β-unsaturated/α-hetero) is 1. The first-order valence-corrected chi connectivity index (χ1v) is 8.27. The quantitative estimate of drug-likeness (QED) is 0.812. The summed E-state index contributed by atoms with van der Waals surface area (Å²) in [5.74, 6) is 1.64. The first kappa shape index (κ1) is 12.5. The molecule has 2 bridgehead atoms. The second-order valence-electron chi connectivity index (χ2n) is 6.03. The number of aromatic nitrogens is 1. The molecule has 3 fully saturated rings. The van der Waals surface area contributed by atoms with E-state index >= 15 is 0 Å². The van der Waals surface area contributed by atoms with E-state index in [4.69, 9.17) is 0 Å². The van der Waals surface area contributed by atoms with Gasteiger partial charge in [-0.05, 0) is 49.9 Å². The molecule has 0 spiro atoms. The summed E-state index contributed by atoms with van der Waals surface area (Å²) < 4.78 is 1.05. The number of nitrogens with zero attached hydrogens (tertiary/aromatic N) is 2. The van der Waals surface area contributed by atoms with Crippen molar-refractivity contribution < 1.29 is 4.79 Å². The molecule has 1 atom stereocenters. The van der Waals surface area contributed by atoms with E-state index in [0.717, 1.165) is 28.2 Å². The van der Waals surface area contributed by atoms with Gasteiger partial charge in [0, 0.05) is 18.5 Å². The van der Waals surface area contributed by atoms with Crippen LogP contribution in [0.2, 0.25) is 0 Å². The lowest BCUT2D eigenvalue weighted by molar-refractivity contribution is 0.0441. The van der Waals surface area contributed by atoms with Gasteiger partial charge in [-0.1, -0.05) is 6.07 Å². The fourth-order valence-electron chi connectivity index (χ4n) is 3.77. The molecule has 0 radical (unpaired) electrons. The van der Waals surface area contributed by atoms with E-state index in [1.54, 1.807) is 11.3 Å². The summed E-state index contributed by atoms with van der Waals surface area (Å²) in [5, 5.41) is 0. The molecule has 20 heavy (non-hydrogen) atoms. The van der Waals surface area contributed by atoms with Crippen molar-refractivity contribution in [1.29, 1.82) is 0 Å². The average Bonchev–Trinajstić information content (AvgIpc) is 2.96. The van der Waals surface area contributed by atoms with Crippen LogP contribution in [0.5, 0.6) is 0 Å². The molecule has 4 heteroatoms. The van der Waals surface area contributed by atoms with Gasteiger partial charge in [-0.15, -0.1) is 11.3 Å². The van der Waals surface area contributed by atoms with Crippen molar-refractivity contribution in [3.63, 3.8) is 0 Å². The van der Waals surface area contributed by atoms with Crippen LogP contribution in [0.1, 0.15) is 29.6 Å². The Labute approximate surface area is 122 Å². The molecule has 0 N–H and O–H groups in total. The average molecular weight is 286 g/mol. The lowest BCUT2D eigenvalue weighted by Crippen LogP contribution is -2.47. The highest BCUT2D eigenvalue weighted by atomic mass is 32.1. The topological polar surface area (TPSA) is 33.2 Å². The molecular formula is C16H18N2OS. The summed E-state index contributed by atoms with van der Waals surface area (Å²) in [6, 6.07) is 5.90. The van der Waals surface area contributed by atoms with Crippen molar-refractivity contribution in [3.8, 4) is 0 Å². The summed E-state index contributed by atoms with van der Waals surface area (Å²) in [6.07, 6.45) is 3.27. The molecule has 3 aliphatic rings. The Hall–Kier alpha value is -1.26. The molecule has 0 unspecified atom stereocenters. The van der Waals surface area contributed by atoms with E-state index < -0.39 is 0 Å². The van der Waals surface area contributed by atoms with Crippen molar-refractivity contribution >= 4 is 27.3 Å². The van der Waals surface area contributed by atoms with Gasteiger partial charge in [0.05, 0.1) is 15.7 Å². The molecule has 1 aromatic heterocycles. The second-order valence-corrected chi connectivity index (χ2v) is 6.89. The summed E-state index contributed by atoms with van der Waals surface area (Å²) in [4.78, 5) is 19.5. The van der Waals surface area contributed by atoms with Gasteiger partial charge in [0.25, 0.3) is 0 Å². The smallest absolute Gasteiger partial charge is 0.164 e. The van der Waals surface area contributed by atoms with Gasteiger partial charge in [0.15, 0.2) is 5.78 Å². The molecule has 3 saturated heterocycles. The lowest BCUT2D eigenvalue weighted by Gasteiger charge is -2.44. The zero-order valence-corrected chi connectivity index (χ0v) is 12.2. The van der Waals surface area contributed by atoms with Gasteiger partial charge in [0.2, 0.25) is 0 Å². The third kappa shape index (κ3) is 2.07. The summed E-state index contributed by atoms with van der Waals surface area (Å²) >= 11 is 1.58. The minimum atomic E-state index is 0.304. The fourth-order valence-corrected chi connectivity index (χ4v) is 4.59. The Bertz CT molecular complexity index is 643. The van der Waals surface area contributed by atoms with Crippen molar-refractivity contribution in [2.75, 3.05) is 19.6 Å². The number of ketones is 1. The Morgan fingerprint density at radius 3 is 2.95 bits per heavy atom. The number of hydrogen-bond acceptors (Lipinski definition) is 4. The van der Waals surface area contributed by atoms with Gasteiger partial charge < -0.3 is 4.90 Å². The van der Waals surface area contributed by atoms with Crippen LogP contribution in [-0.2, 0) is 0 Å². The number of carbonyl (C=O) groups is 1. The monoisotopic (exact) mass is 286 g/mol. The molecule has 4 heterocycles. The van der Waals surface area contributed by atoms with Crippen molar-refractivity contribution in [3.05, 3.63) is 29.3 Å². The Morgan fingerprint density at radius 2 is 2.20 bits per heavy atom. The Kier molecular flexibility index (Phi) is 3.08. The second kappa shape index (κ2) is 4.93. The van der Waals surface area contributed by atoms with Gasteiger partial charge in [-0.2, -0.15) is 0 Å². The zero-order valence-electron chi connectivity index (χ0n) is 11.4.